The Hall–Kier alpha value is -0.570. The number of rotatable bonds is 4. The first kappa shape index (κ1) is 11.4. The van der Waals surface area contributed by atoms with Crippen molar-refractivity contribution in [1.29, 1.82) is 0 Å². The Morgan fingerprint density at radius 1 is 1.50 bits per heavy atom. The van der Waals surface area contributed by atoms with E-state index < -0.39 is 16.0 Å². The zero-order valence-corrected chi connectivity index (χ0v) is 8.14. The van der Waals surface area contributed by atoms with Gasteiger partial charge >= 0.3 is 10.4 Å². The molecule has 0 aliphatic heterocycles. The summed E-state index contributed by atoms with van der Waals surface area (Å²) in [6.45, 7) is 4.50. The lowest BCUT2D eigenvalue weighted by atomic mass is 10.2. The molecule has 12 heavy (non-hydrogen) atoms. The lowest BCUT2D eigenvalue weighted by molar-refractivity contribution is 0.137. The van der Waals surface area contributed by atoms with Gasteiger partial charge in [-0.2, -0.15) is 8.42 Å². The van der Waals surface area contributed by atoms with Crippen molar-refractivity contribution in [1.82, 2.24) is 0 Å². The molecule has 4 nitrogen and oxygen atoms in total. The van der Waals surface area contributed by atoms with Crippen molar-refractivity contribution >= 4 is 10.4 Å². The van der Waals surface area contributed by atoms with Crippen LogP contribution in [0.5, 0.6) is 0 Å². The van der Waals surface area contributed by atoms with Crippen LogP contribution in [-0.4, -0.2) is 20.6 Å². The van der Waals surface area contributed by atoms with Crippen LogP contribution >= 0.6 is 0 Å². The van der Waals surface area contributed by atoms with Crippen LogP contribution in [0.4, 0.5) is 0 Å². The summed E-state index contributed by atoms with van der Waals surface area (Å²) in [5.41, 5.74) is -1.16. The average molecular weight is 192 g/mol. The van der Waals surface area contributed by atoms with Gasteiger partial charge in [-0.1, -0.05) is 5.92 Å². The summed E-state index contributed by atoms with van der Waals surface area (Å²) in [5.74, 6) is 2.17. The predicted molar refractivity (Wildman–Crippen MR) is 44.5 cm³/mol. The van der Waals surface area contributed by atoms with Crippen molar-refractivity contribution in [3.63, 3.8) is 0 Å². The molecular weight excluding hydrogens is 180 g/mol. The molecule has 0 aromatic rings. The molecule has 0 rings (SSSR count). The fourth-order valence-corrected chi connectivity index (χ4v) is 1.34. The van der Waals surface area contributed by atoms with E-state index in [0.717, 1.165) is 0 Å². The van der Waals surface area contributed by atoms with Crippen LogP contribution in [0, 0.1) is 12.3 Å². The third kappa shape index (κ3) is 4.34. The normalized spacial score (nSPS) is 12.5. The Labute approximate surface area is 73.2 Å². The molecule has 0 radical (unpaired) electrons. The third-order valence-electron chi connectivity index (χ3n) is 0.920. The molecule has 0 N–H and O–H groups in total. The summed E-state index contributed by atoms with van der Waals surface area (Å²) < 4.78 is 30.6. The van der Waals surface area contributed by atoms with Crippen molar-refractivity contribution in [2.24, 2.45) is 0 Å². The molecule has 0 saturated carbocycles. The number of hydrogen-bond donors (Lipinski definition) is 0. The van der Waals surface area contributed by atoms with Crippen LogP contribution in [0.2, 0.25) is 0 Å². The smallest absolute Gasteiger partial charge is 0.248 e. The molecule has 0 bridgehead atoms. The van der Waals surface area contributed by atoms with Crippen molar-refractivity contribution in [2.75, 3.05) is 6.61 Å². The highest BCUT2D eigenvalue weighted by molar-refractivity contribution is 7.81. The molecule has 0 amide bonds. The van der Waals surface area contributed by atoms with E-state index in [4.69, 9.17) is 6.42 Å². The number of hydrogen-bond acceptors (Lipinski definition) is 4. The first-order valence-corrected chi connectivity index (χ1v) is 4.74. The molecule has 70 valence electrons. The van der Waals surface area contributed by atoms with E-state index in [0.29, 0.717) is 0 Å². The average Bonchev–Trinajstić information content (AvgIpc) is 1.85. The third-order valence-corrected chi connectivity index (χ3v) is 2.07. The second-order valence-corrected chi connectivity index (χ2v) is 3.77. The molecule has 0 atom stereocenters. The van der Waals surface area contributed by atoms with Crippen molar-refractivity contribution in [3.8, 4) is 12.3 Å². The van der Waals surface area contributed by atoms with Crippen molar-refractivity contribution in [2.45, 2.75) is 26.4 Å². The summed E-state index contributed by atoms with van der Waals surface area (Å²) in [6, 6.07) is 0. The summed E-state index contributed by atoms with van der Waals surface area (Å²) in [5, 5.41) is 0. The zero-order valence-electron chi connectivity index (χ0n) is 7.33. The highest BCUT2D eigenvalue weighted by Crippen LogP contribution is 2.12. The molecule has 0 heterocycles. The molecule has 0 aliphatic rings. The van der Waals surface area contributed by atoms with Crippen LogP contribution < -0.4 is 0 Å². The Kier molecular flexibility index (Phi) is 3.71. The Bertz CT molecular complexity index is 270. The lowest BCUT2D eigenvalue weighted by Gasteiger charge is -2.16. The minimum absolute atomic E-state index is 0.0307. The van der Waals surface area contributed by atoms with Gasteiger partial charge in [-0.05, 0) is 20.8 Å². The molecule has 0 saturated heterocycles. The van der Waals surface area contributed by atoms with Crippen LogP contribution in [0.25, 0.3) is 0 Å². The molecule has 0 spiro atoms. The van der Waals surface area contributed by atoms with Crippen LogP contribution in [0.1, 0.15) is 20.8 Å². The summed E-state index contributed by atoms with van der Waals surface area (Å²) in [7, 11) is -3.94. The van der Waals surface area contributed by atoms with E-state index in [1.165, 1.54) is 13.8 Å². The van der Waals surface area contributed by atoms with Gasteiger partial charge in [0.25, 0.3) is 0 Å². The van der Waals surface area contributed by atoms with Crippen LogP contribution in [0.15, 0.2) is 0 Å². The van der Waals surface area contributed by atoms with Crippen molar-refractivity contribution in [3.05, 3.63) is 0 Å². The summed E-state index contributed by atoms with van der Waals surface area (Å²) in [4.78, 5) is 0. The predicted octanol–water partition coefficient (Wildman–Crippen LogP) is 0.696. The Balaban J connectivity index is 4.38. The minimum Gasteiger partial charge on any atom is -0.248 e. The molecule has 5 heteroatoms. The van der Waals surface area contributed by atoms with Crippen LogP contribution in [0.3, 0.4) is 0 Å². The van der Waals surface area contributed by atoms with Gasteiger partial charge < -0.3 is 0 Å². The van der Waals surface area contributed by atoms with Crippen molar-refractivity contribution < 1.29 is 16.8 Å². The second kappa shape index (κ2) is 3.90. The zero-order chi connectivity index (χ0) is 9.83. The van der Waals surface area contributed by atoms with E-state index >= 15 is 0 Å². The fourth-order valence-electron chi connectivity index (χ4n) is 0.448. The van der Waals surface area contributed by atoms with Gasteiger partial charge in [0.1, 0.15) is 5.60 Å². The van der Waals surface area contributed by atoms with E-state index in [9.17, 15) is 8.42 Å². The topological polar surface area (TPSA) is 52.6 Å². The summed E-state index contributed by atoms with van der Waals surface area (Å²) in [6.07, 6.45) is 5.01. The molecular formula is C7H12O4S. The first-order chi connectivity index (χ1) is 5.33. The minimum atomic E-state index is -3.94. The molecule has 0 unspecified atom stereocenters. The highest BCUT2D eigenvalue weighted by atomic mass is 32.3. The van der Waals surface area contributed by atoms with Gasteiger partial charge in [-0.25, -0.2) is 8.37 Å². The van der Waals surface area contributed by atoms with E-state index in [1.54, 1.807) is 6.92 Å². The van der Waals surface area contributed by atoms with Gasteiger partial charge in [-0.3, -0.25) is 0 Å². The molecule has 0 aromatic heterocycles. The monoisotopic (exact) mass is 192 g/mol. The lowest BCUT2D eigenvalue weighted by Crippen LogP contribution is -2.27. The molecule has 0 aromatic carbocycles. The molecule has 0 fully saturated rings. The van der Waals surface area contributed by atoms with E-state index in [1.807, 2.05) is 0 Å². The van der Waals surface area contributed by atoms with E-state index in [-0.39, 0.29) is 6.61 Å². The second-order valence-electron chi connectivity index (χ2n) is 2.55. The van der Waals surface area contributed by atoms with E-state index in [2.05, 4.69) is 14.3 Å². The number of terminal acetylenes is 1. The standard InChI is InChI=1S/C7H12O4S/c1-5-7(3,4)11-12(8,9)10-6-2/h1H,6H2,2-4H3. The van der Waals surface area contributed by atoms with Gasteiger partial charge in [0, 0.05) is 0 Å². The SMILES string of the molecule is C#CC(C)(C)OS(=O)(=O)OCC. The van der Waals surface area contributed by atoms with Gasteiger partial charge in [0.2, 0.25) is 0 Å². The van der Waals surface area contributed by atoms with Gasteiger partial charge in [-0.15, -0.1) is 6.42 Å². The fraction of sp³-hybridized carbons (Fsp3) is 0.714. The van der Waals surface area contributed by atoms with Crippen LogP contribution in [-0.2, 0) is 18.8 Å². The Morgan fingerprint density at radius 3 is 2.33 bits per heavy atom. The highest BCUT2D eigenvalue weighted by Gasteiger charge is 2.24. The largest absolute Gasteiger partial charge is 0.401 e. The van der Waals surface area contributed by atoms with Gasteiger partial charge in [0.15, 0.2) is 0 Å². The quantitative estimate of drug-likeness (QED) is 0.615. The maximum Gasteiger partial charge on any atom is 0.401 e. The maximum absolute atomic E-state index is 10.9. The summed E-state index contributed by atoms with van der Waals surface area (Å²) >= 11 is 0. The first-order valence-electron chi connectivity index (χ1n) is 3.41. The maximum atomic E-state index is 10.9. The van der Waals surface area contributed by atoms with Gasteiger partial charge in [0.05, 0.1) is 6.61 Å². The Morgan fingerprint density at radius 2 is 2.00 bits per heavy atom. The molecule has 0 aliphatic carbocycles.